The van der Waals surface area contributed by atoms with E-state index in [4.69, 9.17) is 10.5 Å². The molecule has 0 amide bonds. The van der Waals surface area contributed by atoms with E-state index in [1.54, 1.807) is 0 Å². The molecule has 0 aromatic heterocycles. The predicted molar refractivity (Wildman–Crippen MR) is 69.1 cm³/mol. The molecule has 2 heteroatoms. The summed E-state index contributed by atoms with van der Waals surface area (Å²) in [5.74, 6) is 1.92. The topological polar surface area (TPSA) is 35.2 Å². The van der Waals surface area contributed by atoms with Crippen LogP contribution in [0.5, 0.6) is 5.75 Å². The number of benzene rings is 1. The normalized spacial score (nSPS) is 23.0. The fourth-order valence-electron chi connectivity index (χ4n) is 2.71. The summed E-state index contributed by atoms with van der Waals surface area (Å²) in [6, 6.07) is 6.67. The van der Waals surface area contributed by atoms with Crippen LogP contribution in [0, 0.1) is 5.92 Å². The average Bonchev–Trinajstić information content (AvgIpc) is 2.97. The van der Waals surface area contributed by atoms with E-state index in [1.807, 2.05) is 0 Å². The van der Waals surface area contributed by atoms with Gasteiger partial charge in [0.25, 0.3) is 0 Å². The summed E-state index contributed by atoms with van der Waals surface area (Å²) in [6.45, 7) is 4.27. The highest BCUT2D eigenvalue weighted by molar-refractivity contribution is 5.42. The molecule has 1 unspecified atom stereocenters. The molecule has 2 aliphatic rings. The second-order valence-electron chi connectivity index (χ2n) is 6.19. The third kappa shape index (κ3) is 2.32. The predicted octanol–water partition coefficient (Wildman–Crippen LogP) is 3.20. The number of hydrogen-bond donors (Lipinski definition) is 1. The summed E-state index contributed by atoms with van der Waals surface area (Å²) in [6.07, 6.45) is 4.87. The Labute approximate surface area is 103 Å². The third-order valence-electron chi connectivity index (χ3n) is 3.80. The van der Waals surface area contributed by atoms with Gasteiger partial charge in [-0.1, -0.05) is 25.0 Å². The largest absolute Gasteiger partial charge is 0.487 e. The lowest BCUT2D eigenvalue weighted by atomic mass is 9.96. The van der Waals surface area contributed by atoms with Crippen LogP contribution in [0.3, 0.4) is 0 Å². The molecule has 17 heavy (non-hydrogen) atoms. The Hall–Kier alpha value is -1.02. The van der Waals surface area contributed by atoms with Crippen molar-refractivity contribution in [3.05, 3.63) is 29.3 Å². The number of rotatable bonds is 3. The molecule has 1 fully saturated rings. The molecule has 1 atom stereocenters. The highest BCUT2D eigenvalue weighted by Gasteiger charge is 2.31. The van der Waals surface area contributed by atoms with Crippen LogP contribution in [-0.2, 0) is 6.42 Å². The van der Waals surface area contributed by atoms with E-state index in [0.717, 1.165) is 24.5 Å². The minimum absolute atomic E-state index is 0.0540. The molecule has 0 bridgehead atoms. The maximum absolute atomic E-state index is 6.26. The van der Waals surface area contributed by atoms with Gasteiger partial charge in [-0.25, -0.2) is 0 Å². The van der Waals surface area contributed by atoms with Gasteiger partial charge in [-0.2, -0.15) is 0 Å². The Morgan fingerprint density at radius 3 is 2.88 bits per heavy atom. The van der Waals surface area contributed by atoms with E-state index >= 15 is 0 Å². The molecule has 92 valence electrons. The summed E-state index contributed by atoms with van der Waals surface area (Å²) in [5, 5.41) is 0. The molecule has 2 N–H and O–H groups in total. The Morgan fingerprint density at radius 1 is 1.41 bits per heavy atom. The van der Waals surface area contributed by atoms with Gasteiger partial charge in [0, 0.05) is 12.5 Å². The van der Waals surface area contributed by atoms with Crippen molar-refractivity contribution in [1.82, 2.24) is 0 Å². The zero-order valence-electron chi connectivity index (χ0n) is 10.7. The van der Waals surface area contributed by atoms with Crippen LogP contribution in [0.1, 0.15) is 50.3 Å². The summed E-state index contributed by atoms with van der Waals surface area (Å²) < 4.78 is 5.88. The highest BCUT2D eigenvalue weighted by atomic mass is 16.5. The molecule has 1 aromatic carbocycles. The van der Waals surface area contributed by atoms with Gasteiger partial charge in [0.05, 0.1) is 0 Å². The first-order chi connectivity index (χ1) is 8.03. The molecule has 2 nitrogen and oxygen atoms in total. The van der Waals surface area contributed by atoms with Crippen molar-refractivity contribution in [3.63, 3.8) is 0 Å². The van der Waals surface area contributed by atoms with Crippen LogP contribution in [-0.4, -0.2) is 5.60 Å². The zero-order chi connectivity index (χ0) is 12.0. The van der Waals surface area contributed by atoms with Crippen LogP contribution in [0.2, 0.25) is 0 Å². The van der Waals surface area contributed by atoms with Crippen molar-refractivity contribution in [1.29, 1.82) is 0 Å². The molecule has 1 saturated carbocycles. The number of fused-ring (bicyclic) bond motifs is 1. The first-order valence-corrected chi connectivity index (χ1v) is 6.61. The second kappa shape index (κ2) is 3.74. The fraction of sp³-hybridized carbons (Fsp3) is 0.600. The van der Waals surface area contributed by atoms with Crippen LogP contribution >= 0.6 is 0 Å². The van der Waals surface area contributed by atoms with E-state index in [-0.39, 0.29) is 11.6 Å². The van der Waals surface area contributed by atoms with Crippen LogP contribution in [0.15, 0.2) is 18.2 Å². The number of hydrogen-bond acceptors (Lipinski definition) is 2. The van der Waals surface area contributed by atoms with Gasteiger partial charge < -0.3 is 10.5 Å². The standard InChI is InChI=1S/C15H21NO/c1-15(2)9-12-8-11(5-6-14(12)17-15)13(16)7-10-3-4-10/h5-6,8,10,13H,3-4,7,9,16H2,1-2H3. The minimum Gasteiger partial charge on any atom is -0.487 e. The lowest BCUT2D eigenvalue weighted by Gasteiger charge is -2.16. The SMILES string of the molecule is CC1(C)Cc2cc(C(N)CC3CC3)ccc2O1. The lowest BCUT2D eigenvalue weighted by molar-refractivity contribution is 0.138. The lowest BCUT2D eigenvalue weighted by Crippen LogP contribution is -2.24. The number of nitrogens with two attached hydrogens (primary N) is 1. The summed E-state index contributed by atoms with van der Waals surface area (Å²) in [4.78, 5) is 0. The van der Waals surface area contributed by atoms with Gasteiger partial charge in [-0.3, -0.25) is 0 Å². The first-order valence-electron chi connectivity index (χ1n) is 6.61. The zero-order valence-corrected chi connectivity index (χ0v) is 10.7. The van der Waals surface area contributed by atoms with Crippen LogP contribution in [0.4, 0.5) is 0 Å². The monoisotopic (exact) mass is 231 g/mol. The molecule has 0 saturated heterocycles. The van der Waals surface area contributed by atoms with Crippen molar-refractivity contribution in [2.24, 2.45) is 11.7 Å². The molecule has 3 rings (SSSR count). The van der Waals surface area contributed by atoms with Crippen molar-refractivity contribution in [2.75, 3.05) is 0 Å². The van der Waals surface area contributed by atoms with Gasteiger partial charge in [0.15, 0.2) is 0 Å². The Kier molecular flexibility index (Phi) is 2.44. The Morgan fingerprint density at radius 2 is 2.18 bits per heavy atom. The molecule has 0 spiro atoms. The number of ether oxygens (including phenoxy) is 1. The van der Waals surface area contributed by atoms with Crippen LogP contribution in [0.25, 0.3) is 0 Å². The Balaban J connectivity index is 1.79. The fourth-order valence-corrected chi connectivity index (χ4v) is 2.71. The molecule has 1 aliphatic carbocycles. The third-order valence-corrected chi connectivity index (χ3v) is 3.80. The highest BCUT2D eigenvalue weighted by Crippen LogP contribution is 2.39. The van der Waals surface area contributed by atoms with E-state index in [9.17, 15) is 0 Å². The molecular weight excluding hydrogens is 210 g/mol. The molecule has 1 aromatic rings. The van der Waals surface area contributed by atoms with Gasteiger partial charge in [-0.15, -0.1) is 0 Å². The molecule has 1 aliphatic heterocycles. The smallest absolute Gasteiger partial charge is 0.123 e. The van der Waals surface area contributed by atoms with Gasteiger partial charge in [0.2, 0.25) is 0 Å². The summed E-state index contributed by atoms with van der Waals surface area (Å²) >= 11 is 0. The summed E-state index contributed by atoms with van der Waals surface area (Å²) in [7, 11) is 0. The van der Waals surface area contributed by atoms with Crippen molar-refractivity contribution < 1.29 is 4.74 Å². The van der Waals surface area contributed by atoms with E-state index in [2.05, 4.69) is 32.0 Å². The van der Waals surface area contributed by atoms with Gasteiger partial charge in [-0.05, 0) is 43.4 Å². The average molecular weight is 231 g/mol. The van der Waals surface area contributed by atoms with Crippen molar-refractivity contribution >= 4 is 0 Å². The van der Waals surface area contributed by atoms with Crippen molar-refractivity contribution in [3.8, 4) is 5.75 Å². The first kappa shape index (κ1) is 11.1. The van der Waals surface area contributed by atoms with E-state index < -0.39 is 0 Å². The minimum atomic E-state index is -0.0540. The molecule has 0 radical (unpaired) electrons. The van der Waals surface area contributed by atoms with Gasteiger partial charge >= 0.3 is 0 Å². The van der Waals surface area contributed by atoms with E-state index in [1.165, 1.54) is 24.0 Å². The quantitative estimate of drug-likeness (QED) is 0.867. The van der Waals surface area contributed by atoms with Crippen LogP contribution < -0.4 is 10.5 Å². The van der Waals surface area contributed by atoms with Crippen molar-refractivity contribution in [2.45, 2.75) is 51.2 Å². The second-order valence-corrected chi connectivity index (χ2v) is 6.19. The molecular formula is C15H21NO. The summed E-state index contributed by atoms with van der Waals surface area (Å²) in [5.41, 5.74) is 8.80. The maximum Gasteiger partial charge on any atom is 0.123 e. The maximum atomic E-state index is 6.26. The van der Waals surface area contributed by atoms with Gasteiger partial charge in [0.1, 0.15) is 11.4 Å². The molecule has 1 heterocycles. The Bertz CT molecular complexity index is 435. The van der Waals surface area contributed by atoms with E-state index in [0.29, 0.717) is 0 Å².